The molecule has 1 aromatic rings. The van der Waals surface area contributed by atoms with E-state index >= 15 is 0 Å². The van der Waals surface area contributed by atoms with Crippen molar-refractivity contribution in [3.8, 4) is 0 Å². The molecule has 0 aliphatic heterocycles. The van der Waals surface area contributed by atoms with E-state index in [2.05, 4.69) is 10.6 Å². The van der Waals surface area contributed by atoms with Crippen molar-refractivity contribution in [1.29, 1.82) is 0 Å². The van der Waals surface area contributed by atoms with Crippen LogP contribution in [0.25, 0.3) is 0 Å². The SMILES string of the molecule is CCOC(=O)c1cccc(NC(=O)CSC(=O)CNC(=O)[C@@H](C)CC)c1. The van der Waals surface area contributed by atoms with Crippen LogP contribution in [0.15, 0.2) is 24.3 Å². The standard InChI is InChI=1S/C18H24N2O5S/c1-4-12(3)17(23)19-10-16(22)26-11-15(21)20-14-8-6-7-13(9-14)18(24)25-5-2/h6-9,12H,4-5,10-11H2,1-3H3,(H,19,23)(H,20,21)/t12-/m0/s1. The van der Waals surface area contributed by atoms with Crippen molar-refractivity contribution in [3.05, 3.63) is 29.8 Å². The van der Waals surface area contributed by atoms with Crippen LogP contribution >= 0.6 is 11.8 Å². The van der Waals surface area contributed by atoms with Gasteiger partial charge in [-0.05, 0) is 31.5 Å². The third kappa shape index (κ3) is 7.69. The first kappa shape index (κ1) is 21.7. The van der Waals surface area contributed by atoms with Gasteiger partial charge in [-0.2, -0.15) is 0 Å². The molecule has 2 amide bonds. The predicted molar refractivity (Wildman–Crippen MR) is 101 cm³/mol. The largest absolute Gasteiger partial charge is 0.462 e. The second-order valence-corrected chi connectivity index (χ2v) is 6.57. The lowest BCUT2D eigenvalue weighted by molar-refractivity contribution is -0.126. The molecule has 8 heteroatoms. The first-order valence-electron chi connectivity index (χ1n) is 8.37. The normalized spacial score (nSPS) is 11.3. The van der Waals surface area contributed by atoms with Gasteiger partial charge in [-0.3, -0.25) is 14.4 Å². The number of carbonyl (C=O) groups excluding carboxylic acids is 4. The van der Waals surface area contributed by atoms with Crippen LogP contribution in [0.5, 0.6) is 0 Å². The molecule has 0 fully saturated rings. The first-order chi connectivity index (χ1) is 12.4. The fourth-order valence-corrected chi connectivity index (χ4v) is 2.39. The summed E-state index contributed by atoms with van der Waals surface area (Å²) in [7, 11) is 0. The molecule has 0 bridgehead atoms. The molecule has 0 spiro atoms. The highest BCUT2D eigenvalue weighted by atomic mass is 32.2. The van der Waals surface area contributed by atoms with Crippen LogP contribution in [0.3, 0.4) is 0 Å². The molecule has 26 heavy (non-hydrogen) atoms. The Balaban J connectivity index is 2.42. The lowest BCUT2D eigenvalue weighted by Crippen LogP contribution is -2.32. The molecule has 1 rings (SSSR count). The number of amides is 2. The third-order valence-electron chi connectivity index (χ3n) is 3.49. The van der Waals surface area contributed by atoms with Gasteiger partial charge in [0, 0.05) is 11.6 Å². The van der Waals surface area contributed by atoms with E-state index in [0.717, 1.165) is 11.8 Å². The zero-order valence-electron chi connectivity index (χ0n) is 15.2. The molecule has 0 unspecified atom stereocenters. The number of esters is 1. The fraction of sp³-hybridized carbons (Fsp3) is 0.444. The summed E-state index contributed by atoms with van der Waals surface area (Å²) in [5, 5.41) is 4.87. The maximum atomic E-state index is 11.9. The minimum absolute atomic E-state index is 0.0817. The summed E-state index contributed by atoms with van der Waals surface area (Å²) in [6, 6.07) is 6.37. The lowest BCUT2D eigenvalue weighted by atomic mass is 10.1. The number of ether oxygens (including phenoxy) is 1. The van der Waals surface area contributed by atoms with Crippen molar-refractivity contribution < 1.29 is 23.9 Å². The van der Waals surface area contributed by atoms with Gasteiger partial charge >= 0.3 is 5.97 Å². The minimum Gasteiger partial charge on any atom is -0.462 e. The number of anilines is 1. The van der Waals surface area contributed by atoms with Gasteiger partial charge in [-0.25, -0.2) is 4.79 Å². The zero-order chi connectivity index (χ0) is 19.5. The van der Waals surface area contributed by atoms with Gasteiger partial charge in [0.2, 0.25) is 16.9 Å². The molecule has 0 saturated heterocycles. The summed E-state index contributed by atoms with van der Waals surface area (Å²) in [4.78, 5) is 46.9. The first-order valence-corrected chi connectivity index (χ1v) is 9.36. The van der Waals surface area contributed by atoms with Crippen LogP contribution < -0.4 is 10.6 Å². The van der Waals surface area contributed by atoms with Gasteiger partial charge in [0.1, 0.15) is 0 Å². The molecule has 0 aromatic heterocycles. The molecule has 0 aliphatic carbocycles. The van der Waals surface area contributed by atoms with Gasteiger partial charge in [-0.15, -0.1) is 0 Å². The van der Waals surface area contributed by atoms with Crippen LogP contribution in [0, 0.1) is 5.92 Å². The van der Waals surface area contributed by atoms with Crippen molar-refractivity contribution >= 4 is 40.3 Å². The summed E-state index contributed by atoms with van der Waals surface area (Å²) in [6.07, 6.45) is 0.695. The number of rotatable bonds is 9. The number of hydrogen-bond donors (Lipinski definition) is 2. The van der Waals surface area contributed by atoms with Crippen molar-refractivity contribution in [2.75, 3.05) is 24.2 Å². The molecule has 0 heterocycles. The van der Waals surface area contributed by atoms with E-state index < -0.39 is 5.97 Å². The van der Waals surface area contributed by atoms with Crippen LogP contribution in [0.2, 0.25) is 0 Å². The highest BCUT2D eigenvalue weighted by molar-refractivity contribution is 8.14. The molecule has 0 saturated carbocycles. The second-order valence-electron chi connectivity index (χ2n) is 5.54. The summed E-state index contributed by atoms with van der Waals surface area (Å²) in [5.74, 6) is -1.26. The van der Waals surface area contributed by atoms with E-state index in [1.165, 1.54) is 6.07 Å². The summed E-state index contributed by atoms with van der Waals surface area (Å²) >= 11 is 0.826. The monoisotopic (exact) mass is 380 g/mol. The highest BCUT2D eigenvalue weighted by Crippen LogP contribution is 2.13. The van der Waals surface area contributed by atoms with E-state index in [1.807, 2.05) is 6.92 Å². The van der Waals surface area contributed by atoms with Crippen LogP contribution in [-0.4, -0.2) is 41.8 Å². The highest BCUT2D eigenvalue weighted by Gasteiger charge is 2.14. The van der Waals surface area contributed by atoms with Crippen LogP contribution in [0.4, 0.5) is 5.69 Å². The van der Waals surface area contributed by atoms with Gasteiger partial charge in [0.05, 0.1) is 24.5 Å². The van der Waals surface area contributed by atoms with Crippen LogP contribution in [-0.2, 0) is 19.1 Å². The van der Waals surface area contributed by atoms with Gasteiger partial charge in [0.25, 0.3) is 0 Å². The summed E-state index contributed by atoms with van der Waals surface area (Å²) in [5.41, 5.74) is 0.778. The number of nitrogens with one attached hydrogen (secondary N) is 2. The Bertz CT molecular complexity index is 663. The van der Waals surface area contributed by atoms with Gasteiger partial charge < -0.3 is 15.4 Å². The molecule has 1 aromatic carbocycles. The quantitative estimate of drug-likeness (QED) is 0.637. The fourth-order valence-electron chi connectivity index (χ4n) is 1.85. The van der Waals surface area contributed by atoms with Gasteiger partial charge in [0.15, 0.2) is 0 Å². The topological polar surface area (TPSA) is 102 Å². The number of hydrogen-bond acceptors (Lipinski definition) is 6. The second kappa shape index (κ2) is 11.3. The molecule has 1 atom stereocenters. The maximum absolute atomic E-state index is 11.9. The lowest BCUT2D eigenvalue weighted by Gasteiger charge is -2.09. The molecule has 2 N–H and O–H groups in total. The van der Waals surface area contributed by atoms with E-state index in [4.69, 9.17) is 4.74 Å². The van der Waals surface area contributed by atoms with Gasteiger partial charge in [-0.1, -0.05) is 31.7 Å². The molecule has 0 radical (unpaired) electrons. The number of thioether (sulfide) groups is 1. The Morgan fingerprint density at radius 2 is 1.92 bits per heavy atom. The molecular formula is C18H24N2O5S. The minimum atomic E-state index is -0.467. The van der Waals surface area contributed by atoms with E-state index in [9.17, 15) is 19.2 Å². The molecule has 7 nitrogen and oxygen atoms in total. The van der Waals surface area contributed by atoms with Crippen molar-refractivity contribution in [1.82, 2.24) is 5.32 Å². The average molecular weight is 380 g/mol. The van der Waals surface area contributed by atoms with Crippen molar-refractivity contribution in [3.63, 3.8) is 0 Å². The predicted octanol–water partition coefficient (Wildman–Crippen LogP) is 2.22. The Morgan fingerprint density at radius 1 is 1.19 bits per heavy atom. The van der Waals surface area contributed by atoms with Crippen molar-refractivity contribution in [2.24, 2.45) is 5.92 Å². The van der Waals surface area contributed by atoms with Crippen molar-refractivity contribution in [2.45, 2.75) is 27.2 Å². The summed E-state index contributed by atoms with van der Waals surface area (Å²) in [6.45, 7) is 5.54. The third-order valence-corrected chi connectivity index (χ3v) is 4.36. The Labute approximate surface area is 157 Å². The van der Waals surface area contributed by atoms with E-state index in [0.29, 0.717) is 17.7 Å². The average Bonchev–Trinajstić information content (AvgIpc) is 2.64. The van der Waals surface area contributed by atoms with E-state index in [-0.39, 0.29) is 41.8 Å². The molecule has 0 aliphatic rings. The Kier molecular flexibility index (Phi) is 9.43. The van der Waals surface area contributed by atoms with Crippen LogP contribution in [0.1, 0.15) is 37.6 Å². The zero-order valence-corrected chi connectivity index (χ0v) is 16.0. The smallest absolute Gasteiger partial charge is 0.338 e. The Morgan fingerprint density at radius 3 is 2.58 bits per heavy atom. The molecular weight excluding hydrogens is 356 g/mol. The summed E-state index contributed by atoms with van der Waals surface area (Å²) < 4.78 is 4.90. The van der Waals surface area contributed by atoms with E-state index in [1.54, 1.807) is 32.0 Å². The number of carbonyl (C=O) groups is 4. The maximum Gasteiger partial charge on any atom is 0.338 e. The molecule has 142 valence electrons. The number of benzene rings is 1. The Hall–Kier alpha value is -2.35.